The van der Waals surface area contributed by atoms with Crippen molar-refractivity contribution < 1.29 is 22.6 Å². The van der Waals surface area contributed by atoms with Crippen molar-refractivity contribution in [2.45, 2.75) is 103 Å². The molecule has 3 rings (SSSR count). The van der Waals surface area contributed by atoms with Crippen LogP contribution in [-0.4, -0.2) is 46.0 Å². The van der Waals surface area contributed by atoms with Crippen LogP contribution in [0.5, 0.6) is 0 Å². The van der Waals surface area contributed by atoms with Gasteiger partial charge in [0.25, 0.3) is 0 Å². The van der Waals surface area contributed by atoms with Gasteiger partial charge in [-0.2, -0.15) is 0 Å². The van der Waals surface area contributed by atoms with E-state index < -0.39 is 20.8 Å². The van der Waals surface area contributed by atoms with Crippen LogP contribution < -0.4 is 0 Å². The largest absolute Gasteiger partial charge is 0.747 e. The topological polar surface area (TPSA) is 91.3 Å². The summed E-state index contributed by atoms with van der Waals surface area (Å²) in [6.07, 6.45) is 6.23. The van der Waals surface area contributed by atoms with Crippen molar-refractivity contribution in [2.75, 3.05) is 5.75 Å². The monoisotopic (exact) mass is 460 g/mol. The SMILES string of the molecule is CC(C)[S+](CC(=O)C1CCCC1)C(C)C.CC12CCC(C(S(=O)(=O)[O-])C1=O)C2(C)C. The van der Waals surface area contributed by atoms with Gasteiger partial charge in [-0.05, 0) is 75.6 Å². The predicted octanol–water partition coefficient (Wildman–Crippen LogP) is 4.11. The summed E-state index contributed by atoms with van der Waals surface area (Å²) in [7, 11) is -4.19. The maximum atomic E-state index is 12.1. The zero-order chi connectivity index (χ0) is 23.1. The lowest BCUT2D eigenvalue weighted by Gasteiger charge is -2.32. The summed E-state index contributed by atoms with van der Waals surface area (Å²) in [5, 5.41) is 0.0250. The molecular formula is C23H40O5S2. The fraction of sp³-hybridized carbons (Fsp3) is 0.913. The molecule has 174 valence electrons. The van der Waals surface area contributed by atoms with Crippen molar-refractivity contribution in [2.24, 2.45) is 22.7 Å². The molecule has 2 bridgehead atoms. The molecule has 0 aromatic carbocycles. The van der Waals surface area contributed by atoms with E-state index in [1.807, 2.05) is 13.8 Å². The Hall–Kier alpha value is -0.400. The molecule has 0 radical (unpaired) electrons. The highest BCUT2D eigenvalue weighted by molar-refractivity contribution is 7.98. The van der Waals surface area contributed by atoms with E-state index in [9.17, 15) is 22.6 Å². The molecule has 0 amide bonds. The zero-order valence-electron chi connectivity index (χ0n) is 19.7. The standard InChI is InChI=1S/C13H25OS.C10H16O4S/c1-10(2)15(11(3)4)9-13(14)12-7-5-6-8-12;1-9(2)6-4-5-10(9,3)8(11)7(6)15(12,13)14/h10-12H,5-9H2,1-4H3;6-7H,4-5H2,1-3H3,(H,12,13,14)/q+1;/p-1. The predicted molar refractivity (Wildman–Crippen MR) is 123 cm³/mol. The Morgan fingerprint density at radius 2 is 1.57 bits per heavy atom. The number of fused-ring (bicyclic) bond motifs is 2. The minimum absolute atomic E-state index is 0.294. The van der Waals surface area contributed by atoms with E-state index in [4.69, 9.17) is 0 Å². The second kappa shape index (κ2) is 9.22. The molecule has 0 aromatic heterocycles. The molecule has 0 N–H and O–H groups in total. The Morgan fingerprint density at radius 1 is 1.07 bits per heavy atom. The molecule has 3 fully saturated rings. The lowest BCUT2D eigenvalue weighted by atomic mass is 9.70. The summed E-state index contributed by atoms with van der Waals surface area (Å²) in [4.78, 5) is 24.0. The normalized spacial score (nSPS) is 31.0. The van der Waals surface area contributed by atoms with Gasteiger partial charge in [-0.15, -0.1) is 0 Å². The molecule has 3 atom stereocenters. The van der Waals surface area contributed by atoms with Crippen LogP contribution in [0.1, 0.15) is 87.0 Å². The van der Waals surface area contributed by atoms with Gasteiger partial charge in [-0.3, -0.25) is 9.59 Å². The molecule has 3 saturated carbocycles. The average Bonchev–Trinajstić information content (AvgIpc) is 3.25. The highest BCUT2D eigenvalue weighted by atomic mass is 32.2. The minimum Gasteiger partial charge on any atom is -0.747 e. The van der Waals surface area contributed by atoms with Gasteiger partial charge in [0.05, 0.1) is 0 Å². The van der Waals surface area contributed by atoms with Crippen LogP contribution in [-0.2, 0) is 30.6 Å². The van der Waals surface area contributed by atoms with Gasteiger partial charge < -0.3 is 4.55 Å². The Labute approximate surface area is 186 Å². The summed E-state index contributed by atoms with van der Waals surface area (Å²) in [5.41, 5.74) is -0.994. The zero-order valence-corrected chi connectivity index (χ0v) is 21.3. The summed E-state index contributed by atoms with van der Waals surface area (Å²) in [6.45, 7) is 14.6. The van der Waals surface area contributed by atoms with Crippen molar-refractivity contribution in [3.8, 4) is 0 Å². The Kier molecular flexibility index (Phi) is 7.95. The first-order valence-corrected chi connectivity index (χ1v) is 14.3. The first-order valence-electron chi connectivity index (χ1n) is 11.3. The third-order valence-electron chi connectivity index (χ3n) is 8.11. The number of hydrogen-bond acceptors (Lipinski definition) is 5. The number of carbonyl (C=O) groups excluding carboxylic acids is 2. The molecule has 0 aromatic rings. The van der Waals surface area contributed by atoms with Gasteiger partial charge in [-0.1, -0.05) is 33.6 Å². The van der Waals surface area contributed by atoms with E-state index in [-0.39, 0.29) is 17.1 Å². The van der Waals surface area contributed by atoms with E-state index in [0.29, 0.717) is 45.9 Å². The van der Waals surface area contributed by atoms with Gasteiger partial charge in [0.1, 0.15) is 25.9 Å². The first kappa shape index (κ1) is 25.9. The van der Waals surface area contributed by atoms with Gasteiger partial charge >= 0.3 is 0 Å². The second-order valence-electron chi connectivity index (χ2n) is 10.6. The van der Waals surface area contributed by atoms with Gasteiger partial charge in [-0.25, -0.2) is 8.42 Å². The Morgan fingerprint density at radius 3 is 1.90 bits per heavy atom. The molecular weight excluding hydrogens is 420 g/mol. The highest BCUT2D eigenvalue weighted by Crippen LogP contribution is 2.64. The summed E-state index contributed by atoms with van der Waals surface area (Å²) >= 11 is 0. The molecule has 0 saturated heterocycles. The lowest BCUT2D eigenvalue weighted by molar-refractivity contribution is -0.128. The van der Waals surface area contributed by atoms with Crippen molar-refractivity contribution in [1.82, 2.24) is 0 Å². The van der Waals surface area contributed by atoms with Gasteiger partial charge in [0, 0.05) is 11.3 Å². The molecule has 0 heterocycles. The molecule has 3 unspecified atom stereocenters. The third-order valence-corrected chi connectivity index (χ3v) is 12.3. The first-order chi connectivity index (χ1) is 13.6. The van der Waals surface area contributed by atoms with Crippen LogP contribution in [0.15, 0.2) is 0 Å². The number of ketones is 2. The molecule has 5 nitrogen and oxygen atoms in total. The number of Topliss-reactive ketones (excluding diaryl/α,β-unsaturated/α-hetero) is 2. The van der Waals surface area contributed by atoms with Crippen LogP contribution in [0.2, 0.25) is 0 Å². The van der Waals surface area contributed by atoms with Crippen molar-refractivity contribution >= 4 is 32.6 Å². The van der Waals surface area contributed by atoms with Crippen LogP contribution >= 0.6 is 0 Å². The average molecular weight is 461 g/mol. The molecule has 30 heavy (non-hydrogen) atoms. The van der Waals surface area contributed by atoms with Crippen molar-refractivity contribution in [1.29, 1.82) is 0 Å². The van der Waals surface area contributed by atoms with Crippen molar-refractivity contribution in [3.63, 3.8) is 0 Å². The van der Waals surface area contributed by atoms with E-state index in [0.717, 1.165) is 18.6 Å². The smallest absolute Gasteiger partial charge is 0.184 e. The minimum atomic E-state index is -4.49. The highest BCUT2D eigenvalue weighted by Gasteiger charge is 2.67. The summed E-state index contributed by atoms with van der Waals surface area (Å²) in [6, 6.07) is 0. The molecule has 7 heteroatoms. The van der Waals surface area contributed by atoms with Crippen LogP contribution in [0, 0.1) is 22.7 Å². The number of hydrogen-bond donors (Lipinski definition) is 0. The molecule has 3 aliphatic carbocycles. The maximum absolute atomic E-state index is 12.1. The van der Waals surface area contributed by atoms with E-state index in [2.05, 4.69) is 27.7 Å². The fourth-order valence-corrected chi connectivity index (χ4v) is 9.46. The lowest BCUT2D eigenvalue weighted by Crippen LogP contribution is -2.38. The molecule has 3 aliphatic rings. The summed E-state index contributed by atoms with van der Waals surface area (Å²) < 4.78 is 33.3. The number of rotatable bonds is 6. The van der Waals surface area contributed by atoms with E-state index in [1.165, 1.54) is 12.8 Å². The van der Waals surface area contributed by atoms with E-state index in [1.54, 1.807) is 6.92 Å². The summed E-state index contributed by atoms with van der Waals surface area (Å²) in [5.74, 6) is 1.16. The Balaban J connectivity index is 0.000000214. The number of carbonyl (C=O) groups is 2. The van der Waals surface area contributed by atoms with Crippen LogP contribution in [0.4, 0.5) is 0 Å². The van der Waals surface area contributed by atoms with Gasteiger partial charge in [0.15, 0.2) is 17.3 Å². The molecule has 0 spiro atoms. The third kappa shape index (κ3) is 4.83. The second-order valence-corrected chi connectivity index (χ2v) is 15.2. The maximum Gasteiger partial charge on any atom is 0.184 e. The van der Waals surface area contributed by atoms with Crippen LogP contribution in [0.25, 0.3) is 0 Å². The quantitative estimate of drug-likeness (QED) is 0.439. The van der Waals surface area contributed by atoms with Gasteiger partial charge in [0.2, 0.25) is 0 Å². The molecule has 0 aliphatic heterocycles. The van der Waals surface area contributed by atoms with Crippen LogP contribution in [0.3, 0.4) is 0 Å². The fourth-order valence-electron chi connectivity index (χ4n) is 5.74. The van der Waals surface area contributed by atoms with Crippen molar-refractivity contribution in [3.05, 3.63) is 0 Å². The Bertz CT molecular complexity index is 742. The van der Waals surface area contributed by atoms with E-state index >= 15 is 0 Å².